The highest BCUT2D eigenvalue weighted by molar-refractivity contribution is 7.91. The fourth-order valence-corrected chi connectivity index (χ4v) is 6.64. The maximum atomic E-state index is 14.4. The Bertz CT molecular complexity index is 954. The molecule has 0 N–H and O–H groups in total. The van der Waals surface area contributed by atoms with Crippen LogP contribution in [-0.4, -0.2) is 50.9 Å². The van der Waals surface area contributed by atoms with E-state index in [0.717, 1.165) is 12.8 Å². The number of benzene rings is 1. The maximum Gasteiger partial charge on any atom is 0.264 e. The molecule has 27 heavy (non-hydrogen) atoms. The van der Waals surface area contributed by atoms with Gasteiger partial charge in [0.25, 0.3) is 5.91 Å². The van der Waals surface area contributed by atoms with Gasteiger partial charge in [-0.25, -0.2) is 12.8 Å². The number of carbonyl (C=O) groups excluding carboxylic acids is 1. The summed E-state index contributed by atoms with van der Waals surface area (Å²) < 4.78 is 44.7. The molecule has 1 fully saturated rings. The van der Waals surface area contributed by atoms with Crippen LogP contribution in [0, 0.1) is 5.82 Å². The topological polar surface area (TPSA) is 63.7 Å². The molecule has 1 aromatic carbocycles. The number of ether oxygens (including phenoxy) is 1. The lowest BCUT2D eigenvalue weighted by Gasteiger charge is -2.36. The quantitative estimate of drug-likeness (QED) is 0.751. The zero-order chi connectivity index (χ0) is 19.8. The van der Waals surface area contributed by atoms with Crippen LogP contribution in [0.5, 0.6) is 0 Å². The zero-order valence-electron chi connectivity index (χ0n) is 15.7. The smallest absolute Gasteiger partial charge is 0.264 e. The Morgan fingerprint density at radius 1 is 1.33 bits per heavy atom. The van der Waals surface area contributed by atoms with Gasteiger partial charge in [0.05, 0.1) is 16.7 Å². The van der Waals surface area contributed by atoms with Gasteiger partial charge in [0, 0.05) is 42.1 Å². The molecule has 1 aromatic heterocycles. The summed E-state index contributed by atoms with van der Waals surface area (Å²) in [6, 6.07) is 4.39. The molecule has 5 nitrogen and oxygen atoms in total. The number of carbonyl (C=O) groups is 1. The number of nitrogens with zero attached hydrogens (tertiary/aromatic N) is 1. The fraction of sp³-hybridized carbons (Fsp3) is 0.526. The second kappa shape index (κ2) is 7.85. The van der Waals surface area contributed by atoms with E-state index >= 15 is 0 Å². The van der Waals surface area contributed by atoms with Crippen molar-refractivity contribution >= 4 is 37.2 Å². The fourth-order valence-electron chi connectivity index (χ4n) is 3.95. The second-order valence-electron chi connectivity index (χ2n) is 7.09. The van der Waals surface area contributed by atoms with Crippen molar-refractivity contribution in [2.24, 2.45) is 0 Å². The van der Waals surface area contributed by atoms with Gasteiger partial charge >= 0.3 is 0 Å². The highest BCUT2D eigenvalue weighted by atomic mass is 32.2. The molecule has 1 heterocycles. The number of fused-ring (bicyclic) bond motifs is 1. The van der Waals surface area contributed by atoms with Crippen molar-refractivity contribution in [3.05, 3.63) is 34.5 Å². The summed E-state index contributed by atoms with van der Waals surface area (Å²) in [5.74, 6) is -0.660. The highest BCUT2D eigenvalue weighted by Crippen LogP contribution is 2.36. The van der Waals surface area contributed by atoms with Crippen LogP contribution in [0.2, 0.25) is 0 Å². The lowest BCUT2D eigenvalue weighted by Crippen LogP contribution is -2.49. The van der Waals surface area contributed by atoms with E-state index in [1.54, 1.807) is 19.2 Å². The molecule has 8 heteroatoms. The van der Waals surface area contributed by atoms with Gasteiger partial charge in [-0.2, -0.15) is 0 Å². The second-order valence-corrected chi connectivity index (χ2v) is 10.4. The first-order valence-corrected chi connectivity index (χ1v) is 11.7. The maximum absolute atomic E-state index is 14.4. The minimum Gasteiger partial charge on any atom is -0.380 e. The van der Waals surface area contributed by atoms with Crippen LogP contribution in [0.1, 0.15) is 40.9 Å². The number of halogens is 1. The summed E-state index contributed by atoms with van der Waals surface area (Å²) in [4.78, 5) is 15.2. The molecule has 3 rings (SSSR count). The molecular formula is C19H24FNO4S2. The molecule has 2 atom stereocenters. The third kappa shape index (κ3) is 3.88. The summed E-state index contributed by atoms with van der Waals surface area (Å²) in [7, 11) is -0.113. The minimum absolute atomic E-state index is 0.121. The Balaban J connectivity index is 2.02. The monoisotopic (exact) mass is 413 g/mol. The summed E-state index contributed by atoms with van der Waals surface area (Å²) in [5.41, 5.74) is 0.527. The molecule has 1 aliphatic carbocycles. The number of methoxy groups -OCH3 is 1. The standard InChI is InChI=1S/C19H24FNO4S2/c1-21(14-8-4-5-10-16(14)27(3,23)24)19(22)18-12(11-25-2)17-13(20)7-6-9-15(17)26-18/h6-7,9,14,16H,4-5,8,10-11H2,1-3H3. The Hall–Kier alpha value is -1.51. The molecule has 2 unspecified atom stereocenters. The van der Waals surface area contributed by atoms with E-state index in [2.05, 4.69) is 0 Å². The van der Waals surface area contributed by atoms with Gasteiger partial charge in [-0.1, -0.05) is 18.9 Å². The van der Waals surface area contributed by atoms with Crippen LogP contribution >= 0.6 is 11.3 Å². The molecule has 0 aliphatic heterocycles. The van der Waals surface area contributed by atoms with E-state index in [4.69, 9.17) is 4.74 Å². The number of thiophene rings is 1. The molecule has 0 saturated heterocycles. The molecule has 1 amide bonds. The molecule has 1 saturated carbocycles. The Morgan fingerprint density at radius 3 is 2.70 bits per heavy atom. The number of hydrogen-bond donors (Lipinski definition) is 0. The summed E-state index contributed by atoms with van der Waals surface area (Å²) >= 11 is 1.23. The van der Waals surface area contributed by atoms with Crippen molar-refractivity contribution in [3.63, 3.8) is 0 Å². The average molecular weight is 414 g/mol. The van der Waals surface area contributed by atoms with Crippen molar-refractivity contribution in [2.75, 3.05) is 20.4 Å². The van der Waals surface area contributed by atoms with Gasteiger partial charge in [-0.15, -0.1) is 11.3 Å². The van der Waals surface area contributed by atoms with Gasteiger partial charge in [-0.05, 0) is 25.0 Å². The van der Waals surface area contributed by atoms with E-state index in [0.29, 0.717) is 33.4 Å². The van der Waals surface area contributed by atoms with E-state index < -0.39 is 15.1 Å². The zero-order valence-corrected chi connectivity index (χ0v) is 17.3. The number of rotatable bonds is 5. The van der Waals surface area contributed by atoms with Gasteiger partial charge in [0.15, 0.2) is 9.84 Å². The highest BCUT2D eigenvalue weighted by Gasteiger charge is 2.38. The first-order chi connectivity index (χ1) is 12.8. The van der Waals surface area contributed by atoms with Crippen molar-refractivity contribution in [1.29, 1.82) is 0 Å². The summed E-state index contributed by atoms with van der Waals surface area (Å²) in [5, 5.41) is -0.151. The molecular weight excluding hydrogens is 389 g/mol. The Labute approximate surface area is 163 Å². The number of amides is 1. The van der Waals surface area contributed by atoms with E-state index in [-0.39, 0.29) is 24.4 Å². The van der Waals surface area contributed by atoms with Gasteiger partial charge in [0.2, 0.25) is 0 Å². The lowest BCUT2D eigenvalue weighted by molar-refractivity contribution is 0.0701. The van der Waals surface area contributed by atoms with Crippen LogP contribution in [0.3, 0.4) is 0 Å². The third-order valence-electron chi connectivity index (χ3n) is 5.28. The molecule has 0 spiro atoms. The van der Waals surface area contributed by atoms with Gasteiger partial charge in [-0.3, -0.25) is 4.79 Å². The molecule has 0 radical (unpaired) electrons. The van der Waals surface area contributed by atoms with Crippen LogP contribution < -0.4 is 0 Å². The van der Waals surface area contributed by atoms with E-state index in [1.165, 1.54) is 35.7 Å². The van der Waals surface area contributed by atoms with E-state index in [9.17, 15) is 17.6 Å². The summed E-state index contributed by atoms with van der Waals surface area (Å²) in [6.45, 7) is 0.121. The molecule has 2 aromatic rings. The lowest BCUT2D eigenvalue weighted by atomic mass is 9.93. The third-order valence-corrected chi connectivity index (χ3v) is 8.12. The van der Waals surface area contributed by atoms with E-state index in [1.807, 2.05) is 0 Å². The minimum atomic E-state index is -3.26. The number of hydrogen-bond acceptors (Lipinski definition) is 5. The van der Waals surface area contributed by atoms with Crippen LogP contribution in [0.15, 0.2) is 18.2 Å². The first-order valence-electron chi connectivity index (χ1n) is 8.90. The van der Waals surface area contributed by atoms with Crippen LogP contribution in [0.4, 0.5) is 4.39 Å². The largest absolute Gasteiger partial charge is 0.380 e. The molecule has 0 bridgehead atoms. The first kappa shape index (κ1) is 20.2. The normalized spacial score (nSPS) is 20.7. The van der Waals surface area contributed by atoms with Crippen LogP contribution in [0.25, 0.3) is 10.1 Å². The average Bonchev–Trinajstić information content (AvgIpc) is 3.00. The van der Waals surface area contributed by atoms with Gasteiger partial charge < -0.3 is 9.64 Å². The Kier molecular flexibility index (Phi) is 5.88. The predicted octanol–water partition coefficient (Wildman–Crippen LogP) is 3.61. The molecule has 148 valence electrons. The predicted molar refractivity (Wildman–Crippen MR) is 105 cm³/mol. The van der Waals surface area contributed by atoms with Crippen molar-refractivity contribution in [1.82, 2.24) is 4.90 Å². The molecule has 1 aliphatic rings. The SMILES string of the molecule is COCc1c(C(=O)N(C)C2CCCCC2S(C)(=O)=O)sc2cccc(F)c12. The Morgan fingerprint density at radius 2 is 2.04 bits per heavy atom. The van der Waals surface area contributed by atoms with Crippen molar-refractivity contribution < 1.29 is 22.3 Å². The van der Waals surface area contributed by atoms with Crippen LogP contribution in [-0.2, 0) is 21.2 Å². The van der Waals surface area contributed by atoms with Gasteiger partial charge in [0.1, 0.15) is 5.82 Å². The van der Waals surface area contributed by atoms with Crippen molar-refractivity contribution in [3.8, 4) is 0 Å². The number of sulfone groups is 1. The summed E-state index contributed by atoms with van der Waals surface area (Å²) in [6.07, 6.45) is 4.19. The van der Waals surface area contributed by atoms with Crippen molar-refractivity contribution in [2.45, 2.75) is 43.6 Å².